The molecular weight excluding hydrogens is 238 g/mol. The Morgan fingerprint density at radius 3 is 2.74 bits per heavy atom. The molecule has 0 atom stereocenters. The molecular formula is C15H21N3O. The fraction of sp³-hybridized carbons (Fsp3) is 0.400. The van der Waals surface area contributed by atoms with Crippen molar-refractivity contribution in [2.24, 2.45) is 0 Å². The van der Waals surface area contributed by atoms with Gasteiger partial charge in [0.15, 0.2) is 0 Å². The summed E-state index contributed by atoms with van der Waals surface area (Å²) in [6.07, 6.45) is 3.65. The lowest BCUT2D eigenvalue weighted by molar-refractivity contribution is 0.245. The largest absolute Gasteiger partial charge is 0.468 e. The van der Waals surface area contributed by atoms with E-state index in [0.29, 0.717) is 0 Å². The molecule has 2 aromatic heterocycles. The molecule has 102 valence electrons. The lowest BCUT2D eigenvalue weighted by Gasteiger charge is -2.18. The highest BCUT2D eigenvalue weighted by molar-refractivity contribution is 5.14. The molecule has 2 aromatic rings. The number of hydrogen-bond donors (Lipinski definition) is 1. The van der Waals surface area contributed by atoms with E-state index in [-0.39, 0.29) is 0 Å². The van der Waals surface area contributed by atoms with Crippen LogP contribution < -0.4 is 5.32 Å². The topological polar surface area (TPSA) is 41.3 Å². The third kappa shape index (κ3) is 4.19. The Balaban J connectivity index is 1.94. The minimum atomic E-state index is 0.823. The second kappa shape index (κ2) is 7.07. The summed E-state index contributed by atoms with van der Waals surface area (Å²) in [5.41, 5.74) is 2.30. The Bertz CT molecular complexity index is 465. The first-order valence-corrected chi connectivity index (χ1v) is 6.65. The van der Waals surface area contributed by atoms with E-state index < -0.39 is 0 Å². The van der Waals surface area contributed by atoms with Crippen LogP contribution in [0.3, 0.4) is 0 Å². The average Bonchev–Trinajstić information content (AvgIpc) is 2.93. The van der Waals surface area contributed by atoms with E-state index >= 15 is 0 Å². The monoisotopic (exact) mass is 259 g/mol. The van der Waals surface area contributed by atoms with Crippen molar-refractivity contribution in [3.63, 3.8) is 0 Å². The Morgan fingerprint density at radius 1 is 1.26 bits per heavy atom. The van der Waals surface area contributed by atoms with Crippen molar-refractivity contribution in [2.75, 3.05) is 13.6 Å². The first kappa shape index (κ1) is 13.8. The molecule has 0 aliphatic carbocycles. The summed E-state index contributed by atoms with van der Waals surface area (Å²) in [5.74, 6) is 0.994. The van der Waals surface area contributed by atoms with Crippen LogP contribution in [-0.4, -0.2) is 23.5 Å². The zero-order chi connectivity index (χ0) is 13.5. The summed E-state index contributed by atoms with van der Waals surface area (Å²) in [6, 6.07) is 8.15. The van der Waals surface area contributed by atoms with Gasteiger partial charge in [0.2, 0.25) is 0 Å². The SMILES string of the molecule is CCN(Cc1ccc(CNC)cn1)Cc1ccco1. The van der Waals surface area contributed by atoms with Gasteiger partial charge in [-0.1, -0.05) is 13.0 Å². The van der Waals surface area contributed by atoms with Gasteiger partial charge in [0.05, 0.1) is 18.5 Å². The third-order valence-electron chi connectivity index (χ3n) is 3.06. The van der Waals surface area contributed by atoms with Gasteiger partial charge in [0.1, 0.15) is 5.76 Å². The number of pyridine rings is 1. The summed E-state index contributed by atoms with van der Waals surface area (Å²) < 4.78 is 5.38. The molecule has 4 heteroatoms. The Kier molecular flexibility index (Phi) is 5.12. The van der Waals surface area contributed by atoms with Crippen molar-refractivity contribution in [1.82, 2.24) is 15.2 Å². The van der Waals surface area contributed by atoms with Crippen LogP contribution in [0.15, 0.2) is 41.1 Å². The number of aromatic nitrogens is 1. The average molecular weight is 259 g/mol. The second-order valence-electron chi connectivity index (χ2n) is 4.57. The van der Waals surface area contributed by atoms with Crippen LogP contribution in [0.2, 0.25) is 0 Å². The zero-order valence-electron chi connectivity index (χ0n) is 11.6. The normalized spacial score (nSPS) is 11.1. The number of furan rings is 1. The highest BCUT2D eigenvalue weighted by Gasteiger charge is 2.07. The molecule has 0 fully saturated rings. The molecule has 0 saturated heterocycles. The van der Waals surface area contributed by atoms with Crippen LogP contribution in [0.25, 0.3) is 0 Å². The minimum absolute atomic E-state index is 0.823. The molecule has 0 aliphatic rings. The van der Waals surface area contributed by atoms with Crippen molar-refractivity contribution in [3.05, 3.63) is 53.7 Å². The van der Waals surface area contributed by atoms with Gasteiger partial charge >= 0.3 is 0 Å². The van der Waals surface area contributed by atoms with Crippen molar-refractivity contribution >= 4 is 0 Å². The van der Waals surface area contributed by atoms with Crippen LogP contribution in [0.4, 0.5) is 0 Å². The third-order valence-corrected chi connectivity index (χ3v) is 3.06. The summed E-state index contributed by atoms with van der Waals surface area (Å²) in [4.78, 5) is 6.81. The van der Waals surface area contributed by atoms with E-state index in [9.17, 15) is 0 Å². The van der Waals surface area contributed by atoms with Gasteiger partial charge in [-0.3, -0.25) is 9.88 Å². The van der Waals surface area contributed by atoms with Crippen LogP contribution in [0.1, 0.15) is 23.9 Å². The molecule has 0 amide bonds. The number of rotatable bonds is 7. The van der Waals surface area contributed by atoms with Gasteiger partial charge in [-0.25, -0.2) is 0 Å². The molecule has 4 nitrogen and oxygen atoms in total. The molecule has 2 heterocycles. The van der Waals surface area contributed by atoms with Gasteiger partial charge in [-0.15, -0.1) is 0 Å². The van der Waals surface area contributed by atoms with E-state index in [4.69, 9.17) is 4.42 Å². The first-order valence-electron chi connectivity index (χ1n) is 6.65. The van der Waals surface area contributed by atoms with E-state index in [0.717, 1.165) is 37.6 Å². The molecule has 1 N–H and O–H groups in total. The molecule has 2 rings (SSSR count). The van der Waals surface area contributed by atoms with Gasteiger partial charge in [-0.2, -0.15) is 0 Å². The Morgan fingerprint density at radius 2 is 2.16 bits per heavy atom. The first-order chi connectivity index (χ1) is 9.31. The second-order valence-corrected chi connectivity index (χ2v) is 4.57. The Labute approximate surface area is 114 Å². The van der Waals surface area contributed by atoms with Crippen molar-refractivity contribution < 1.29 is 4.42 Å². The van der Waals surface area contributed by atoms with Crippen LogP contribution in [-0.2, 0) is 19.6 Å². The molecule has 0 saturated carbocycles. The van der Waals surface area contributed by atoms with E-state index in [1.165, 1.54) is 5.56 Å². The smallest absolute Gasteiger partial charge is 0.117 e. The summed E-state index contributed by atoms with van der Waals surface area (Å²) >= 11 is 0. The van der Waals surface area contributed by atoms with Crippen molar-refractivity contribution in [1.29, 1.82) is 0 Å². The van der Waals surface area contributed by atoms with Gasteiger partial charge in [-0.05, 0) is 37.4 Å². The zero-order valence-corrected chi connectivity index (χ0v) is 11.6. The predicted octanol–water partition coefficient (Wildman–Crippen LogP) is 2.42. The van der Waals surface area contributed by atoms with Crippen LogP contribution >= 0.6 is 0 Å². The van der Waals surface area contributed by atoms with Crippen LogP contribution in [0.5, 0.6) is 0 Å². The lowest BCUT2D eigenvalue weighted by atomic mass is 10.2. The van der Waals surface area contributed by atoms with Gasteiger partial charge < -0.3 is 9.73 Å². The van der Waals surface area contributed by atoms with Gasteiger partial charge in [0, 0.05) is 19.3 Å². The number of nitrogens with zero attached hydrogens (tertiary/aromatic N) is 2. The van der Waals surface area contributed by atoms with E-state index in [1.54, 1.807) is 6.26 Å². The standard InChI is InChI=1S/C15H21N3O/c1-3-18(12-15-5-4-8-19-15)11-14-7-6-13(9-16-2)10-17-14/h4-8,10,16H,3,9,11-12H2,1-2H3. The highest BCUT2D eigenvalue weighted by atomic mass is 16.3. The maximum Gasteiger partial charge on any atom is 0.117 e. The summed E-state index contributed by atoms with van der Waals surface area (Å²) in [5, 5.41) is 3.12. The predicted molar refractivity (Wildman–Crippen MR) is 75.5 cm³/mol. The van der Waals surface area contributed by atoms with E-state index in [1.807, 2.05) is 25.4 Å². The minimum Gasteiger partial charge on any atom is -0.468 e. The molecule has 0 bridgehead atoms. The maximum absolute atomic E-state index is 5.38. The fourth-order valence-electron chi connectivity index (χ4n) is 1.99. The molecule has 0 aromatic carbocycles. The molecule has 0 radical (unpaired) electrons. The maximum atomic E-state index is 5.38. The molecule has 0 spiro atoms. The number of hydrogen-bond acceptors (Lipinski definition) is 4. The molecule has 19 heavy (non-hydrogen) atoms. The lowest BCUT2D eigenvalue weighted by Crippen LogP contribution is -2.22. The van der Waals surface area contributed by atoms with Gasteiger partial charge in [0.25, 0.3) is 0 Å². The number of nitrogens with one attached hydrogen (secondary N) is 1. The fourth-order valence-corrected chi connectivity index (χ4v) is 1.99. The molecule has 0 unspecified atom stereocenters. The van der Waals surface area contributed by atoms with Crippen molar-refractivity contribution in [2.45, 2.75) is 26.6 Å². The Hall–Kier alpha value is -1.65. The summed E-state index contributed by atoms with van der Waals surface area (Å²) in [7, 11) is 1.94. The quantitative estimate of drug-likeness (QED) is 0.829. The van der Waals surface area contributed by atoms with Crippen LogP contribution in [0, 0.1) is 0 Å². The van der Waals surface area contributed by atoms with E-state index in [2.05, 4.69) is 34.3 Å². The summed E-state index contributed by atoms with van der Waals surface area (Å²) in [6.45, 7) is 5.65. The van der Waals surface area contributed by atoms with Crippen molar-refractivity contribution in [3.8, 4) is 0 Å². The highest BCUT2D eigenvalue weighted by Crippen LogP contribution is 2.09. The molecule has 0 aliphatic heterocycles.